The topological polar surface area (TPSA) is 111 Å². The molecule has 2 amide bonds. The number of hydrogen-bond acceptors (Lipinski definition) is 6. The molecule has 0 aliphatic carbocycles. The number of anilines is 1. The molecule has 4 aromatic rings. The number of aromatic nitrogens is 6. The average Bonchev–Trinajstić information content (AvgIpc) is 3.57. The van der Waals surface area contributed by atoms with Gasteiger partial charge in [0.1, 0.15) is 6.17 Å². The minimum atomic E-state index is -1.41. The highest BCUT2D eigenvalue weighted by atomic mass is 35.5. The maximum absolute atomic E-state index is 15.4. The van der Waals surface area contributed by atoms with Crippen LogP contribution in [-0.2, 0) is 16.6 Å². The smallest absolute Gasteiger partial charge is 0.247 e. The highest BCUT2D eigenvalue weighted by molar-refractivity contribution is 6.31. The van der Waals surface area contributed by atoms with Gasteiger partial charge in [0.15, 0.2) is 5.15 Å². The number of nitrogens with one attached hydrogen (secondary N) is 1. The summed E-state index contributed by atoms with van der Waals surface area (Å²) in [5, 5.41) is 15.8. The quantitative estimate of drug-likeness (QED) is 0.332. The number of carbonyl (C=O) groups is 2. The van der Waals surface area contributed by atoms with Crippen molar-refractivity contribution in [3.8, 4) is 16.9 Å². The Kier molecular flexibility index (Phi) is 7.54. The summed E-state index contributed by atoms with van der Waals surface area (Å²) in [6.45, 7) is 1.94. The minimum Gasteiger partial charge on any atom is -0.330 e. The van der Waals surface area contributed by atoms with Gasteiger partial charge in [-0.15, -0.1) is 5.10 Å². The zero-order valence-electron chi connectivity index (χ0n) is 22.8. The Hall–Kier alpha value is -4.09. The molecule has 10 nitrogen and oxygen atoms in total. The van der Waals surface area contributed by atoms with Crippen molar-refractivity contribution in [2.45, 2.75) is 38.4 Å². The van der Waals surface area contributed by atoms with Crippen LogP contribution in [0.25, 0.3) is 22.5 Å². The molecular formula is C29H27Cl2FN8O2. The van der Waals surface area contributed by atoms with Crippen molar-refractivity contribution in [3.05, 3.63) is 76.4 Å². The molecule has 1 N–H and O–H groups in total. The lowest BCUT2D eigenvalue weighted by molar-refractivity contribution is -0.129. The van der Waals surface area contributed by atoms with Crippen molar-refractivity contribution in [2.24, 2.45) is 13.0 Å². The molecule has 1 aromatic carbocycles. The lowest BCUT2D eigenvalue weighted by Gasteiger charge is -2.35. The molecule has 2 bridgehead atoms. The van der Waals surface area contributed by atoms with Crippen LogP contribution in [0.3, 0.4) is 0 Å². The van der Waals surface area contributed by atoms with Crippen LogP contribution in [0.5, 0.6) is 0 Å². The van der Waals surface area contributed by atoms with Gasteiger partial charge in [-0.05, 0) is 55.2 Å². The molecule has 2 aliphatic rings. The van der Waals surface area contributed by atoms with Crippen LogP contribution < -0.4 is 5.32 Å². The number of aryl methyl sites for hydroxylation is 1. The van der Waals surface area contributed by atoms with E-state index in [0.717, 1.165) is 16.7 Å². The fourth-order valence-corrected chi connectivity index (χ4v) is 5.89. The molecule has 0 radical (unpaired) electrons. The summed E-state index contributed by atoms with van der Waals surface area (Å²) in [5.41, 5.74) is 4.78. The Morgan fingerprint density at radius 3 is 2.71 bits per heavy atom. The number of carbonyl (C=O) groups excluding carboxylic acids is 2. The van der Waals surface area contributed by atoms with E-state index in [1.807, 2.05) is 12.1 Å². The van der Waals surface area contributed by atoms with Crippen LogP contribution in [0.2, 0.25) is 10.2 Å². The van der Waals surface area contributed by atoms with Gasteiger partial charge in [0.25, 0.3) is 0 Å². The summed E-state index contributed by atoms with van der Waals surface area (Å²) in [4.78, 5) is 33.0. The number of pyridine rings is 1. The third-order valence-corrected chi connectivity index (χ3v) is 8.27. The van der Waals surface area contributed by atoms with Crippen molar-refractivity contribution in [3.63, 3.8) is 0 Å². The van der Waals surface area contributed by atoms with Crippen molar-refractivity contribution >= 4 is 46.3 Å². The highest BCUT2D eigenvalue weighted by Crippen LogP contribution is 2.37. The first kappa shape index (κ1) is 28.0. The molecule has 3 atom stereocenters. The third-order valence-electron chi connectivity index (χ3n) is 7.86. The first-order valence-corrected chi connectivity index (χ1v) is 14.3. The fourth-order valence-electron chi connectivity index (χ4n) is 5.59. The molecule has 6 rings (SSSR count). The molecule has 1 unspecified atom stereocenters. The molecule has 3 aromatic heterocycles. The Balaban J connectivity index is 1.38. The maximum atomic E-state index is 15.4. The second-order valence-electron chi connectivity index (χ2n) is 10.5. The number of alkyl halides is 1. The van der Waals surface area contributed by atoms with Crippen LogP contribution >= 0.6 is 23.2 Å². The van der Waals surface area contributed by atoms with E-state index < -0.39 is 24.0 Å². The Morgan fingerprint density at radius 2 is 1.95 bits per heavy atom. The van der Waals surface area contributed by atoms with Crippen LogP contribution in [-0.4, -0.2) is 59.2 Å². The normalized spacial score (nSPS) is 21.2. The van der Waals surface area contributed by atoms with Gasteiger partial charge in [-0.25, -0.2) is 9.07 Å². The molecule has 13 heteroatoms. The number of halogens is 3. The van der Waals surface area contributed by atoms with Crippen LogP contribution in [0.15, 0.2) is 55.0 Å². The van der Waals surface area contributed by atoms with Gasteiger partial charge in [0, 0.05) is 42.0 Å². The molecule has 0 spiro atoms. The zero-order valence-corrected chi connectivity index (χ0v) is 24.3. The Bertz CT molecular complexity index is 1720. The van der Waals surface area contributed by atoms with Gasteiger partial charge >= 0.3 is 0 Å². The summed E-state index contributed by atoms with van der Waals surface area (Å²) in [6.07, 6.45) is 5.85. The standard InChI is InChI=1S/C29H27Cl2FN8O2/c1-16-21(32)4-6-25(22-11-18(7-9-33-22)28-23(35-29(16)42)14-34-38(28)2)39-10-8-17(12-27(39)41)20-13-19(30)3-5-24(20)40-15-26(31)36-37-40/h3,5,7,9,11-16,21,25H,4,6,8,10H2,1-2H3,(H,35,42)/t16-,21?,25+/m1/s1. The fraction of sp³-hybridized carbons (Fsp3) is 0.310. The van der Waals surface area contributed by atoms with Gasteiger partial charge in [0.05, 0.1) is 47.1 Å². The van der Waals surface area contributed by atoms with E-state index in [9.17, 15) is 9.59 Å². The van der Waals surface area contributed by atoms with E-state index in [-0.39, 0.29) is 17.5 Å². The molecule has 42 heavy (non-hydrogen) atoms. The number of nitrogens with zero attached hydrogens (tertiary/aromatic N) is 7. The van der Waals surface area contributed by atoms with Crippen molar-refractivity contribution in [2.75, 3.05) is 11.9 Å². The Morgan fingerprint density at radius 1 is 1.12 bits per heavy atom. The van der Waals surface area contributed by atoms with E-state index in [1.165, 1.54) is 0 Å². The van der Waals surface area contributed by atoms with Crippen molar-refractivity contribution < 1.29 is 14.0 Å². The largest absolute Gasteiger partial charge is 0.330 e. The molecule has 0 saturated heterocycles. The van der Waals surface area contributed by atoms with E-state index in [0.29, 0.717) is 47.2 Å². The lowest BCUT2D eigenvalue weighted by Crippen LogP contribution is -2.38. The second kappa shape index (κ2) is 11.3. The average molecular weight is 609 g/mol. The molecule has 2 aliphatic heterocycles. The minimum absolute atomic E-state index is 0.0803. The van der Waals surface area contributed by atoms with Crippen molar-refractivity contribution in [1.82, 2.24) is 34.7 Å². The first-order chi connectivity index (χ1) is 20.2. The number of benzene rings is 1. The third kappa shape index (κ3) is 5.30. The van der Waals surface area contributed by atoms with Crippen LogP contribution in [0, 0.1) is 5.92 Å². The molecule has 0 saturated carbocycles. The van der Waals surface area contributed by atoms with E-state index >= 15 is 4.39 Å². The molecule has 5 heterocycles. The summed E-state index contributed by atoms with van der Waals surface area (Å²) in [6, 6.07) is 8.52. The predicted octanol–water partition coefficient (Wildman–Crippen LogP) is 5.43. The second-order valence-corrected chi connectivity index (χ2v) is 11.3. The van der Waals surface area contributed by atoms with Gasteiger partial charge < -0.3 is 10.2 Å². The number of rotatable bonds is 3. The van der Waals surface area contributed by atoms with E-state index in [1.54, 1.807) is 71.1 Å². The van der Waals surface area contributed by atoms with Gasteiger partial charge in [-0.1, -0.05) is 35.3 Å². The van der Waals surface area contributed by atoms with E-state index in [4.69, 9.17) is 23.2 Å². The SMILES string of the molecule is C[C@H]1C(=O)Nc2cnn(C)c2-c2ccnc(c2)[C@@H](N2CCC(c3cc(Cl)ccc3-n3cc(Cl)nn3)=CC2=O)CCC1F. The number of amides is 2. The molecule has 216 valence electrons. The number of fused-ring (bicyclic) bond motifs is 4. The van der Waals surface area contributed by atoms with Crippen LogP contribution in [0.1, 0.15) is 43.5 Å². The molecule has 0 fully saturated rings. The summed E-state index contributed by atoms with van der Waals surface area (Å²) < 4.78 is 18.6. The number of hydrogen-bond donors (Lipinski definition) is 1. The van der Waals surface area contributed by atoms with Gasteiger partial charge in [-0.2, -0.15) is 5.10 Å². The predicted molar refractivity (Wildman–Crippen MR) is 157 cm³/mol. The summed E-state index contributed by atoms with van der Waals surface area (Å²) in [5.74, 6) is -1.54. The lowest BCUT2D eigenvalue weighted by atomic mass is 9.92. The van der Waals surface area contributed by atoms with Crippen LogP contribution in [0.4, 0.5) is 10.1 Å². The summed E-state index contributed by atoms with van der Waals surface area (Å²) >= 11 is 12.3. The summed E-state index contributed by atoms with van der Waals surface area (Å²) in [7, 11) is 1.77. The first-order valence-electron chi connectivity index (χ1n) is 13.5. The van der Waals surface area contributed by atoms with E-state index in [2.05, 4.69) is 25.7 Å². The monoisotopic (exact) mass is 608 g/mol. The Labute approximate surface area is 251 Å². The molecular weight excluding hydrogens is 582 g/mol. The maximum Gasteiger partial charge on any atom is 0.247 e. The van der Waals surface area contributed by atoms with Gasteiger partial charge in [-0.3, -0.25) is 19.3 Å². The van der Waals surface area contributed by atoms with Crippen molar-refractivity contribution in [1.29, 1.82) is 0 Å². The highest BCUT2D eigenvalue weighted by Gasteiger charge is 2.33. The van der Waals surface area contributed by atoms with Gasteiger partial charge in [0.2, 0.25) is 11.8 Å². The zero-order chi connectivity index (χ0) is 29.5.